The van der Waals surface area contributed by atoms with Crippen molar-refractivity contribution in [1.82, 2.24) is 9.97 Å². The fourth-order valence-corrected chi connectivity index (χ4v) is 4.60. The number of aromatic nitrogens is 2. The molecule has 1 aliphatic carbocycles. The SMILES string of the molecule is CCCCc1cnc(C(F)(F)F)c(C#N)c1.c1ccc([C@@H]2CCOC3(CCCC3)C2)nc1. The smallest absolute Gasteiger partial charge is 0.375 e. The van der Waals surface area contributed by atoms with E-state index in [1.54, 1.807) is 0 Å². The fourth-order valence-electron chi connectivity index (χ4n) is 4.60. The molecule has 0 radical (unpaired) electrons. The van der Waals surface area contributed by atoms with Crippen LogP contribution in [0.3, 0.4) is 0 Å². The van der Waals surface area contributed by atoms with Gasteiger partial charge in [0.1, 0.15) is 6.07 Å². The highest BCUT2D eigenvalue weighted by atomic mass is 19.4. The highest BCUT2D eigenvalue weighted by Gasteiger charge is 2.40. The van der Waals surface area contributed by atoms with Gasteiger partial charge in [-0.15, -0.1) is 0 Å². The molecule has 32 heavy (non-hydrogen) atoms. The zero-order chi connectivity index (χ0) is 23.0. The van der Waals surface area contributed by atoms with Gasteiger partial charge in [-0.05, 0) is 62.3 Å². The molecule has 1 saturated heterocycles. The van der Waals surface area contributed by atoms with E-state index in [2.05, 4.69) is 22.1 Å². The first-order valence-electron chi connectivity index (χ1n) is 11.4. The molecule has 1 spiro atoms. The van der Waals surface area contributed by atoms with E-state index >= 15 is 0 Å². The average Bonchev–Trinajstić information content (AvgIpc) is 3.25. The molecule has 0 aromatic carbocycles. The summed E-state index contributed by atoms with van der Waals surface area (Å²) in [5.41, 5.74) is 0.639. The summed E-state index contributed by atoms with van der Waals surface area (Å²) >= 11 is 0. The molecule has 3 heterocycles. The Hall–Kier alpha value is -2.46. The summed E-state index contributed by atoms with van der Waals surface area (Å²) in [6.45, 7) is 2.91. The maximum atomic E-state index is 12.4. The Balaban J connectivity index is 0.000000181. The second-order valence-electron chi connectivity index (χ2n) is 8.64. The Bertz CT molecular complexity index is 903. The molecule has 4 rings (SSSR count). The van der Waals surface area contributed by atoms with Crippen molar-refractivity contribution in [2.45, 2.75) is 82.4 Å². The zero-order valence-corrected chi connectivity index (χ0v) is 18.5. The minimum atomic E-state index is -4.56. The second-order valence-corrected chi connectivity index (χ2v) is 8.64. The van der Waals surface area contributed by atoms with Gasteiger partial charge in [-0.3, -0.25) is 9.97 Å². The molecule has 2 fully saturated rings. The summed E-state index contributed by atoms with van der Waals surface area (Å²) < 4.78 is 43.3. The second kappa shape index (κ2) is 10.9. The number of pyridine rings is 2. The molecule has 1 saturated carbocycles. The Kier molecular flexibility index (Phi) is 8.25. The molecule has 0 unspecified atom stereocenters. The summed E-state index contributed by atoms with van der Waals surface area (Å²) in [7, 11) is 0. The van der Waals surface area contributed by atoms with E-state index < -0.39 is 17.4 Å². The van der Waals surface area contributed by atoms with Gasteiger partial charge in [0.05, 0.1) is 11.2 Å². The van der Waals surface area contributed by atoms with Crippen molar-refractivity contribution in [3.8, 4) is 6.07 Å². The van der Waals surface area contributed by atoms with Crippen LogP contribution in [0.4, 0.5) is 13.2 Å². The van der Waals surface area contributed by atoms with Gasteiger partial charge >= 0.3 is 6.18 Å². The molecule has 2 aromatic heterocycles. The van der Waals surface area contributed by atoms with Crippen molar-refractivity contribution in [2.75, 3.05) is 6.61 Å². The van der Waals surface area contributed by atoms with Crippen LogP contribution in [-0.2, 0) is 17.3 Å². The fraction of sp³-hybridized carbons (Fsp3) is 0.560. The van der Waals surface area contributed by atoms with Crippen molar-refractivity contribution in [1.29, 1.82) is 5.26 Å². The highest BCUT2D eigenvalue weighted by Crippen LogP contribution is 2.44. The third kappa shape index (κ3) is 6.29. The lowest BCUT2D eigenvalue weighted by Gasteiger charge is -2.38. The van der Waals surface area contributed by atoms with Crippen LogP contribution in [-0.4, -0.2) is 22.2 Å². The summed E-state index contributed by atoms with van der Waals surface area (Å²) in [5, 5.41) is 8.64. The Morgan fingerprint density at radius 1 is 1.22 bits per heavy atom. The summed E-state index contributed by atoms with van der Waals surface area (Å²) in [4.78, 5) is 7.83. The van der Waals surface area contributed by atoms with Crippen molar-refractivity contribution in [2.24, 2.45) is 0 Å². The molecular weight excluding hydrogens is 415 g/mol. The summed E-state index contributed by atoms with van der Waals surface area (Å²) in [6.07, 6.45) is 8.54. The number of aryl methyl sites for hydroxylation is 1. The standard InChI is InChI=1S/C14H19NO.C11H11F3N2/c1-4-9-15-13(5-1)12-6-10-16-14(11-12)7-2-3-8-14;1-2-3-4-8-5-9(6-15)10(16-7-8)11(12,13)14/h1,4-5,9,12H,2-3,6-8,10-11H2;5,7H,2-4H2,1H3/t12-;/m1./s1. The third-order valence-corrected chi connectivity index (χ3v) is 6.27. The minimum absolute atomic E-state index is 0.209. The maximum Gasteiger partial charge on any atom is 0.434 e. The Labute approximate surface area is 187 Å². The molecule has 172 valence electrons. The number of halogens is 3. The third-order valence-electron chi connectivity index (χ3n) is 6.27. The van der Waals surface area contributed by atoms with Crippen molar-refractivity contribution in [3.05, 3.63) is 59.2 Å². The maximum absolute atomic E-state index is 12.4. The number of nitrogens with zero attached hydrogens (tertiary/aromatic N) is 3. The quantitative estimate of drug-likeness (QED) is 0.532. The van der Waals surface area contributed by atoms with Crippen LogP contribution in [0.15, 0.2) is 36.7 Å². The lowest BCUT2D eigenvalue weighted by Crippen LogP contribution is -2.36. The van der Waals surface area contributed by atoms with Gasteiger partial charge in [0.15, 0.2) is 5.69 Å². The Morgan fingerprint density at radius 2 is 2.00 bits per heavy atom. The van der Waals surface area contributed by atoms with E-state index in [0.717, 1.165) is 25.9 Å². The van der Waals surface area contributed by atoms with Gasteiger partial charge in [0.25, 0.3) is 0 Å². The number of hydrogen-bond acceptors (Lipinski definition) is 4. The predicted molar refractivity (Wildman–Crippen MR) is 116 cm³/mol. The first-order chi connectivity index (χ1) is 15.4. The number of alkyl halides is 3. The van der Waals surface area contributed by atoms with E-state index in [1.807, 2.05) is 19.2 Å². The van der Waals surface area contributed by atoms with Crippen LogP contribution in [0.25, 0.3) is 0 Å². The number of unbranched alkanes of at least 4 members (excludes halogenated alkanes) is 1. The number of rotatable bonds is 4. The summed E-state index contributed by atoms with van der Waals surface area (Å²) in [5.74, 6) is 0.619. The Morgan fingerprint density at radius 3 is 2.62 bits per heavy atom. The largest absolute Gasteiger partial charge is 0.434 e. The molecule has 0 amide bonds. The van der Waals surface area contributed by atoms with Gasteiger partial charge in [-0.25, -0.2) is 0 Å². The van der Waals surface area contributed by atoms with Crippen molar-refractivity contribution in [3.63, 3.8) is 0 Å². The highest BCUT2D eigenvalue weighted by molar-refractivity contribution is 5.37. The van der Waals surface area contributed by atoms with Gasteiger partial charge < -0.3 is 4.74 Å². The van der Waals surface area contributed by atoms with Gasteiger partial charge in [0.2, 0.25) is 0 Å². The molecule has 1 atom stereocenters. The van der Waals surface area contributed by atoms with Crippen LogP contribution >= 0.6 is 0 Å². The van der Waals surface area contributed by atoms with E-state index in [0.29, 0.717) is 17.9 Å². The molecule has 2 aliphatic rings. The molecular formula is C25H30F3N3O. The van der Waals surface area contributed by atoms with Crippen molar-refractivity contribution < 1.29 is 17.9 Å². The van der Waals surface area contributed by atoms with Gasteiger partial charge in [0, 0.05) is 30.6 Å². The molecule has 0 N–H and O–H groups in total. The average molecular weight is 446 g/mol. The minimum Gasteiger partial charge on any atom is -0.375 e. The first kappa shape index (κ1) is 24.2. The van der Waals surface area contributed by atoms with Crippen LogP contribution in [0.1, 0.15) is 86.7 Å². The number of hydrogen-bond donors (Lipinski definition) is 0. The number of ether oxygens (including phenoxy) is 1. The topological polar surface area (TPSA) is 58.8 Å². The molecule has 7 heteroatoms. The van der Waals surface area contributed by atoms with Crippen LogP contribution in [0, 0.1) is 11.3 Å². The number of nitriles is 1. The van der Waals surface area contributed by atoms with E-state index in [9.17, 15) is 13.2 Å². The van der Waals surface area contributed by atoms with Crippen LogP contribution in [0.5, 0.6) is 0 Å². The lowest BCUT2D eigenvalue weighted by atomic mass is 9.83. The first-order valence-corrected chi connectivity index (χ1v) is 11.4. The van der Waals surface area contributed by atoms with Crippen molar-refractivity contribution >= 4 is 0 Å². The van der Waals surface area contributed by atoms with Crippen LogP contribution < -0.4 is 0 Å². The molecule has 0 bridgehead atoms. The molecule has 2 aromatic rings. The van der Waals surface area contributed by atoms with E-state index in [1.165, 1.54) is 56.1 Å². The molecule has 4 nitrogen and oxygen atoms in total. The van der Waals surface area contributed by atoms with Gasteiger partial charge in [-0.2, -0.15) is 18.4 Å². The predicted octanol–water partition coefficient (Wildman–Crippen LogP) is 6.60. The van der Waals surface area contributed by atoms with E-state index in [4.69, 9.17) is 10.00 Å². The van der Waals surface area contributed by atoms with Crippen LogP contribution in [0.2, 0.25) is 0 Å². The van der Waals surface area contributed by atoms with Gasteiger partial charge in [-0.1, -0.05) is 32.3 Å². The summed E-state index contributed by atoms with van der Waals surface area (Å²) in [6, 6.07) is 9.06. The van der Waals surface area contributed by atoms with E-state index in [-0.39, 0.29) is 5.60 Å². The molecule has 1 aliphatic heterocycles. The normalized spacial score (nSPS) is 19.8. The zero-order valence-electron chi connectivity index (χ0n) is 18.5. The lowest BCUT2D eigenvalue weighted by molar-refractivity contribution is -0.141. The monoisotopic (exact) mass is 445 g/mol.